The zero-order chi connectivity index (χ0) is 9.97. The van der Waals surface area contributed by atoms with Crippen LogP contribution in [0.5, 0.6) is 0 Å². The first-order chi connectivity index (χ1) is 6.75. The van der Waals surface area contributed by atoms with E-state index in [1.165, 1.54) is 19.2 Å². The minimum Gasteiger partial charge on any atom is -0.341 e. The molecule has 0 bridgehead atoms. The van der Waals surface area contributed by atoms with Gasteiger partial charge in [-0.1, -0.05) is 6.92 Å². The van der Waals surface area contributed by atoms with Crippen molar-refractivity contribution in [1.82, 2.24) is 15.0 Å². The van der Waals surface area contributed by atoms with E-state index in [0.717, 1.165) is 19.0 Å². The Morgan fingerprint density at radius 3 is 2.71 bits per heavy atom. The van der Waals surface area contributed by atoms with Crippen molar-refractivity contribution in [2.45, 2.75) is 19.8 Å². The van der Waals surface area contributed by atoms with Gasteiger partial charge in [0.2, 0.25) is 11.2 Å². The van der Waals surface area contributed by atoms with Crippen molar-refractivity contribution in [2.24, 2.45) is 5.92 Å². The Kier molecular flexibility index (Phi) is 2.82. The lowest BCUT2D eigenvalue weighted by Crippen LogP contribution is -2.34. The van der Waals surface area contributed by atoms with Crippen LogP contribution < -0.4 is 4.90 Å². The van der Waals surface area contributed by atoms with E-state index in [0.29, 0.717) is 5.95 Å². The molecule has 1 aliphatic rings. The van der Waals surface area contributed by atoms with Crippen molar-refractivity contribution < 1.29 is 0 Å². The van der Waals surface area contributed by atoms with E-state index in [9.17, 15) is 0 Å². The molecule has 0 aliphatic carbocycles. The lowest BCUT2D eigenvalue weighted by Gasteiger charge is -2.29. The van der Waals surface area contributed by atoms with Gasteiger partial charge in [0.05, 0.1) is 0 Å². The summed E-state index contributed by atoms with van der Waals surface area (Å²) in [5.41, 5.74) is 0. The third-order valence-electron chi connectivity index (χ3n) is 2.60. The van der Waals surface area contributed by atoms with Crippen LogP contribution in [0.15, 0.2) is 6.33 Å². The van der Waals surface area contributed by atoms with Crippen molar-refractivity contribution in [2.75, 3.05) is 18.0 Å². The normalized spacial score (nSPS) is 18.6. The van der Waals surface area contributed by atoms with E-state index >= 15 is 0 Å². The number of halogens is 1. The van der Waals surface area contributed by atoms with Gasteiger partial charge in [0.25, 0.3) is 0 Å². The average Bonchev–Trinajstić information content (AvgIpc) is 2.19. The Balaban J connectivity index is 2.08. The highest BCUT2D eigenvalue weighted by Gasteiger charge is 2.17. The maximum atomic E-state index is 5.70. The van der Waals surface area contributed by atoms with E-state index in [1.807, 2.05) is 0 Å². The van der Waals surface area contributed by atoms with Gasteiger partial charge in [0.15, 0.2) is 0 Å². The van der Waals surface area contributed by atoms with E-state index in [4.69, 9.17) is 11.6 Å². The molecule has 1 aliphatic heterocycles. The van der Waals surface area contributed by atoms with Crippen molar-refractivity contribution in [3.63, 3.8) is 0 Å². The predicted octanol–water partition coefficient (Wildman–Crippen LogP) is 1.76. The molecule has 1 fully saturated rings. The first-order valence-corrected chi connectivity index (χ1v) is 5.23. The lowest BCUT2D eigenvalue weighted by molar-refractivity contribution is 0.434. The molecular formula is C9H13ClN4. The minimum absolute atomic E-state index is 0.272. The van der Waals surface area contributed by atoms with Gasteiger partial charge in [-0.3, -0.25) is 0 Å². The fourth-order valence-electron chi connectivity index (χ4n) is 1.63. The van der Waals surface area contributed by atoms with Gasteiger partial charge in [-0.05, 0) is 30.4 Å². The molecule has 0 amide bonds. The molecule has 0 spiro atoms. The molecule has 1 saturated heterocycles. The summed E-state index contributed by atoms with van der Waals surface area (Å²) in [5, 5.41) is 0.272. The number of rotatable bonds is 1. The molecule has 0 unspecified atom stereocenters. The van der Waals surface area contributed by atoms with Gasteiger partial charge in [0, 0.05) is 13.1 Å². The Labute approximate surface area is 88.3 Å². The zero-order valence-corrected chi connectivity index (χ0v) is 8.91. The van der Waals surface area contributed by atoms with Crippen LogP contribution in [0.25, 0.3) is 0 Å². The standard InChI is InChI=1S/C9H13ClN4/c1-7-2-4-14(5-3-7)9-12-6-11-8(10)13-9/h6-7H,2-5H2,1H3. The first kappa shape index (κ1) is 9.65. The van der Waals surface area contributed by atoms with E-state index in [1.54, 1.807) is 0 Å². The third-order valence-corrected chi connectivity index (χ3v) is 2.78. The van der Waals surface area contributed by atoms with E-state index in [2.05, 4.69) is 26.8 Å². The molecule has 0 radical (unpaired) electrons. The highest BCUT2D eigenvalue weighted by atomic mass is 35.5. The molecule has 1 aromatic heterocycles. The summed E-state index contributed by atoms with van der Waals surface area (Å²) < 4.78 is 0. The maximum Gasteiger partial charge on any atom is 0.229 e. The predicted molar refractivity (Wildman–Crippen MR) is 55.4 cm³/mol. The van der Waals surface area contributed by atoms with Gasteiger partial charge >= 0.3 is 0 Å². The summed E-state index contributed by atoms with van der Waals surface area (Å²) in [7, 11) is 0. The van der Waals surface area contributed by atoms with Gasteiger partial charge < -0.3 is 4.90 Å². The molecule has 0 atom stereocenters. The molecule has 2 heterocycles. The Morgan fingerprint density at radius 1 is 1.36 bits per heavy atom. The second kappa shape index (κ2) is 4.09. The number of aromatic nitrogens is 3. The molecule has 76 valence electrons. The van der Waals surface area contributed by atoms with Gasteiger partial charge in [-0.25, -0.2) is 9.97 Å². The van der Waals surface area contributed by atoms with Crippen molar-refractivity contribution in [3.8, 4) is 0 Å². The molecule has 0 N–H and O–H groups in total. The summed E-state index contributed by atoms with van der Waals surface area (Å²) in [6.07, 6.45) is 3.86. The maximum absolute atomic E-state index is 5.70. The summed E-state index contributed by atoms with van der Waals surface area (Å²) in [5.74, 6) is 1.51. The SMILES string of the molecule is CC1CCN(c2ncnc(Cl)n2)CC1. The Bertz CT molecular complexity index is 309. The molecule has 4 nitrogen and oxygen atoms in total. The van der Waals surface area contributed by atoms with E-state index in [-0.39, 0.29) is 5.28 Å². The third kappa shape index (κ3) is 2.12. The fourth-order valence-corrected chi connectivity index (χ4v) is 1.75. The van der Waals surface area contributed by atoms with Crippen LogP contribution in [0, 0.1) is 5.92 Å². The highest BCUT2D eigenvalue weighted by molar-refractivity contribution is 6.28. The second-order valence-electron chi connectivity index (χ2n) is 3.72. The number of hydrogen-bond acceptors (Lipinski definition) is 4. The van der Waals surface area contributed by atoms with Crippen LogP contribution in [-0.4, -0.2) is 28.0 Å². The van der Waals surface area contributed by atoms with Crippen molar-refractivity contribution in [1.29, 1.82) is 0 Å². The smallest absolute Gasteiger partial charge is 0.229 e. The number of nitrogens with zero attached hydrogens (tertiary/aromatic N) is 4. The molecule has 0 saturated carbocycles. The topological polar surface area (TPSA) is 41.9 Å². The number of piperidine rings is 1. The van der Waals surface area contributed by atoms with Gasteiger partial charge in [-0.2, -0.15) is 4.98 Å². The van der Waals surface area contributed by atoms with Gasteiger partial charge in [-0.15, -0.1) is 0 Å². The van der Waals surface area contributed by atoms with Crippen molar-refractivity contribution >= 4 is 17.5 Å². The van der Waals surface area contributed by atoms with Crippen LogP contribution in [0.4, 0.5) is 5.95 Å². The van der Waals surface area contributed by atoms with Crippen LogP contribution in [0.3, 0.4) is 0 Å². The average molecular weight is 213 g/mol. The quantitative estimate of drug-likeness (QED) is 0.712. The highest BCUT2D eigenvalue weighted by Crippen LogP contribution is 2.19. The fraction of sp³-hybridized carbons (Fsp3) is 0.667. The monoisotopic (exact) mass is 212 g/mol. The molecule has 14 heavy (non-hydrogen) atoms. The molecule has 0 aromatic carbocycles. The Hall–Kier alpha value is -0.900. The first-order valence-electron chi connectivity index (χ1n) is 4.85. The molecule has 2 rings (SSSR count). The van der Waals surface area contributed by atoms with Crippen LogP contribution in [0.2, 0.25) is 5.28 Å². The molecular weight excluding hydrogens is 200 g/mol. The summed E-state index contributed by atoms with van der Waals surface area (Å²) in [6, 6.07) is 0. The van der Waals surface area contributed by atoms with Crippen LogP contribution >= 0.6 is 11.6 Å². The van der Waals surface area contributed by atoms with Gasteiger partial charge in [0.1, 0.15) is 6.33 Å². The largest absolute Gasteiger partial charge is 0.341 e. The van der Waals surface area contributed by atoms with E-state index < -0.39 is 0 Å². The number of hydrogen-bond donors (Lipinski definition) is 0. The Morgan fingerprint density at radius 2 is 2.07 bits per heavy atom. The van der Waals surface area contributed by atoms with Crippen LogP contribution in [-0.2, 0) is 0 Å². The lowest BCUT2D eigenvalue weighted by atomic mass is 10.00. The summed E-state index contributed by atoms with van der Waals surface area (Å²) >= 11 is 5.70. The summed E-state index contributed by atoms with van der Waals surface area (Å²) in [6.45, 7) is 4.31. The van der Waals surface area contributed by atoms with Crippen LogP contribution in [0.1, 0.15) is 19.8 Å². The molecule has 5 heteroatoms. The second-order valence-corrected chi connectivity index (χ2v) is 4.06. The minimum atomic E-state index is 0.272. The summed E-state index contributed by atoms with van der Waals surface area (Å²) in [4.78, 5) is 14.1. The van der Waals surface area contributed by atoms with Crippen molar-refractivity contribution in [3.05, 3.63) is 11.6 Å². The molecule has 1 aromatic rings. The number of anilines is 1. The zero-order valence-electron chi connectivity index (χ0n) is 8.15.